The van der Waals surface area contributed by atoms with Gasteiger partial charge in [-0.1, -0.05) is 18.2 Å². The van der Waals surface area contributed by atoms with E-state index in [1.807, 2.05) is 17.0 Å². The van der Waals surface area contributed by atoms with Gasteiger partial charge in [-0.2, -0.15) is 0 Å². The van der Waals surface area contributed by atoms with Crippen molar-refractivity contribution in [2.24, 2.45) is 11.7 Å². The second kappa shape index (κ2) is 4.71. The van der Waals surface area contributed by atoms with Crippen LogP contribution in [0.1, 0.15) is 12.0 Å². The number of likely N-dealkylation sites (tertiary alicyclic amines) is 1. The Morgan fingerprint density at radius 2 is 2.22 bits per heavy atom. The van der Waals surface area contributed by atoms with Crippen LogP contribution >= 0.6 is 11.3 Å². The molecular weight excluding hydrogens is 244 g/mol. The zero-order valence-electron chi connectivity index (χ0n) is 10.1. The number of rotatable bonds is 3. The first-order valence-corrected chi connectivity index (χ1v) is 7.09. The van der Waals surface area contributed by atoms with Crippen LogP contribution in [0.3, 0.4) is 0 Å². The SMILES string of the molecule is NCC1CC(=O)N(Cc2csc3ccccc23)C1. The summed E-state index contributed by atoms with van der Waals surface area (Å²) in [4.78, 5) is 13.8. The lowest BCUT2D eigenvalue weighted by Crippen LogP contribution is -2.25. The van der Waals surface area contributed by atoms with Crippen molar-refractivity contribution in [3.05, 3.63) is 35.2 Å². The number of carbonyl (C=O) groups is 1. The molecule has 1 unspecified atom stereocenters. The molecule has 0 radical (unpaired) electrons. The number of nitrogens with two attached hydrogens (primary N) is 1. The molecule has 1 amide bonds. The predicted octanol–water partition coefficient (Wildman–Crippen LogP) is 2.21. The van der Waals surface area contributed by atoms with E-state index in [1.165, 1.54) is 15.6 Å². The largest absolute Gasteiger partial charge is 0.338 e. The second-order valence-electron chi connectivity index (χ2n) is 4.84. The number of amides is 1. The molecule has 1 aromatic heterocycles. The lowest BCUT2D eigenvalue weighted by atomic mass is 10.1. The number of fused-ring (bicyclic) bond motifs is 1. The molecule has 3 rings (SSSR count). The van der Waals surface area contributed by atoms with Crippen LogP contribution in [-0.2, 0) is 11.3 Å². The molecule has 1 saturated heterocycles. The molecule has 1 aromatic carbocycles. The molecule has 3 nitrogen and oxygen atoms in total. The van der Waals surface area contributed by atoms with E-state index >= 15 is 0 Å². The number of hydrogen-bond donors (Lipinski definition) is 1. The van der Waals surface area contributed by atoms with E-state index in [0.29, 0.717) is 18.9 Å². The van der Waals surface area contributed by atoms with Crippen molar-refractivity contribution in [2.45, 2.75) is 13.0 Å². The van der Waals surface area contributed by atoms with E-state index in [2.05, 4.69) is 17.5 Å². The highest BCUT2D eigenvalue weighted by molar-refractivity contribution is 7.17. The van der Waals surface area contributed by atoms with E-state index in [-0.39, 0.29) is 5.91 Å². The average molecular weight is 260 g/mol. The first-order chi connectivity index (χ1) is 8.78. The smallest absolute Gasteiger partial charge is 0.223 e. The summed E-state index contributed by atoms with van der Waals surface area (Å²) in [6, 6.07) is 8.35. The Labute approximate surface area is 110 Å². The van der Waals surface area contributed by atoms with E-state index in [0.717, 1.165) is 13.1 Å². The summed E-state index contributed by atoms with van der Waals surface area (Å²) >= 11 is 1.74. The fourth-order valence-corrected chi connectivity index (χ4v) is 3.48. The average Bonchev–Trinajstić information content (AvgIpc) is 2.95. The maximum absolute atomic E-state index is 11.9. The Morgan fingerprint density at radius 1 is 1.39 bits per heavy atom. The zero-order valence-corrected chi connectivity index (χ0v) is 11.0. The summed E-state index contributed by atoms with van der Waals surface area (Å²) in [6.07, 6.45) is 0.610. The van der Waals surface area contributed by atoms with Crippen molar-refractivity contribution in [1.82, 2.24) is 4.90 Å². The molecule has 1 atom stereocenters. The van der Waals surface area contributed by atoms with E-state index in [1.54, 1.807) is 11.3 Å². The quantitative estimate of drug-likeness (QED) is 0.919. The molecule has 2 N–H and O–H groups in total. The molecule has 1 aliphatic rings. The van der Waals surface area contributed by atoms with Crippen LogP contribution in [0.15, 0.2) is 29.6 Å². The minimum atomic E-state index is 0.237. The normalized spacial score (nSPS) is 19.9. The Bertz CT molecular complexity index is 578. The Morgan fingerprint density at radius 3 is 3.00 bits per heavy atom. The van der Waals surface area contributed by atoms with Crippen molar-refractivity contribution in [2.75, 3.05) is 13.1 Å². The summed E-state index contributed by atoms with van der Waals surface area (Å²) < 4.78 is 1.29. The van der Waals surface area contributed by atoms with Crippen LogP contribution < -0.4 is 5.73 Å². The summed E-state index contributed by atoms with van der Waals surface area (Å²) in [5.41, 5.74) is 6.90. The minimum Gasteiger partial charge on any atom is -0.338 e. The first-order valence-electron chi connectivity index (χ1n) is 6.21. The highest BCUT2D eigenvalue weighted by atomic mass is 32.1. The fraction of sp³-hybridized carbons (Fsp3) is 0.357. The third-order valence-corrected chi connectivity index (χ3v) is 4.56. The first kappa shape index (κ1) is 11.7. The van der Waals surface area contributed by atoms with Crippen LogP contribution in [0.2, 0.25) is 0 Å². The van der Waals surface area contributed by atoms with Crippen molar-refractivity contribution in [3.63, 3.8) is 0 Å². The number of benzene rings is 1. The summed E-state index contributed by atoms with van der Waals surface area (Å²) in [5.74, 6) is 0.572. The molecule has 94 valence electrons. The molecule has 0 bridgehead atoms. The Balaban J connectivity index is 1.83. The number of thiophene rings is 1. The summed E-state index contributed by atoms with van der Waals surface area (Å²) in [6.45, 7) is 2.13. The van der Waals surface area contributed by atoms with E-state index in [4.69, 9.17) is 5.73 Å². The Kier molecular flexibility index (Phi) is 3.06. The third-order valence-electron chi connectivity index (χ3n) is 3.55. The van der Waals surface area contributed by atoms with Gasteiger partial charge in [0.15, 0.2) is 0 Å². The fourth-order valence-electron chi connectivity index (χ4n) is 2.53. The molecule has 1 fully saturated rings. The van der Waals surface area contributed by atoms with Crippen molar-refractivity contribution >= 4 is 27.3 Å². The lowest BCUT2D eigenvalue weighted by molar-refractivity contribution is -0.128. The molecule has 0 spiro atoms. The predicted molar refractivity (Wildman–Crippen MR) is 74.4 cm³/mol. The van der Waals surface area contributed by atoms with E-state index in [9.17, 15) is 4.79 Å². The van der Waals surface area contributed by atoms with Gasteiger partial charge in [-0.3, -0.25) is 4.79 Å². The molecular formula is C14H16N2OS. The molecule has 18 heavy (non-hydrogen) atoms. The maximum Gasteiger partial charge on any atom is 0.223 e. The monoisotopic (exact) mass is 260 g/mol. The van der Waals surface area contributed by atoms with Crippen molar-refractivity contribution < 1.29 is 4.79 Å². The van der Waals surface area contributed by atoms with Crippen LogP contribution in [0.4, 0.5) is 0 Å². The van der Waals surface area contributed by atoms with Gasteiger partial charge in [-0.25, -0.2) is 0 Å². The zero-order chi connectivity index (χ0) is 12.5. The number of hydrogen-bond acceptors (Lipinski definition) is 3. The lowest BCUT2D eigenvalue weighted by Gasteiger charge is -2.15. The summed E-state index contributed by atoms with van der Waals surface area (Å²) in [5, 5.41) is 3.43. The van der Waals surface area contributed by atoms with Gasteiger partial charge in [0, 0.05) is 24.2 Å². The van der Waals surface area contributed by atoms with Crippen LogP contribution in [0.5, 0.6) is 0 Å². The van der Waals surface area contributed by atoms with Crippen molar-refractivity contribution in [3.8, 4) is 0 Å². The van der Waals surface area contributed by atoms with Crippen LogP contribution in [0.25, 0.3) is 10.1 Å². The van der Waals surface area contributed by atoms with Gasteiger partial charge in [0.25, 0.3) is 0 Å². The Hall–Kier alpha value is -1.39. The standard InChI is InChI=1S/C14H16N2OS/c15-6-10-5-14(17)16(7-10)8-11-9-18-13-4-2-1-3-12(11)13/h1-4,9-10H,5-8,15H2. The summed E-state index contributed by atoms with van der Waals surface area (Å²) in [7, 11) is 0. The van der Waals surface area contributed by atoms with Gasteiger partial charge < -0.3 is 10.6 Å². The molecule has 1 aliphatic heterocycles. The maximum atomic E-state index is 11.9. The molecule has 2 heterocycles. The molecule has 4 heteroatoms. The van der Waals surface area contributed by atoms with Crippen LogP contribution in [-0.4, -0.2) is 23.9 Å². The molecule has 0 aliphatic carbocycles. The van der Waals surface area contributed by atoms with Gasteiger partial charge in [0.1, 0.15) is 0 Å². The highest BCUT2D eigenvalue weighted by Gasteiger charge is 2.28. The van der Waals surface area contributed by atoms with Crippen molar-refractivity contribution in [1.29, 1.82) is 0 Å². The van der Waals surface area contributed by atoms with Gasteiger partial charge in [0.05, 0.1) is 0 Å². The highest BCUT2D eigenvalue weighted by Crippen LogP contribution is 2.28. The van der Waals surface area contributed by atoms with Gasteiger partial charge in [-0.05, 0) is 34.9 Å². The van der Waals surface area contributed by atoms with Crippen LogP contribution in [0, 0.1) is 5.92 Å². The minimum absolute atomic E-state index is 0.237. The van der Waals surface area contributed by atoms with E-state index < -0.39 is 0 Å². The van der Waals surface area contributed by atoms with Gasteiger partial charge in [-0.15, -0.1) is 11.3 Å². The second-order valence-corrected chi connectivity index (χ2v) is 5.75. The van der Waals surface area contributed by atoms with Gasteiger partial charge in [0.2, 0.25) is 5.91 Å². The van der Waals surface area contributed by atoms with Gasteiger partial charge >= 0.3 is 0 Å². The molecule has 2 aromatic rings. The number of carbonyl (C=O) groups excluding carboxylic acids is 1. The number of nitrogens with zero attached hydrogens (tertiary/aromatic N) is 1. The third kappa shape index (κ3) is 2.02. The topological polar surface area (TPSA) is 46.3 Å². The molecule has 0 saturated carbocycles.